The van der Waals surface area contributed by atoms with Gasteiger partial charge in [-0.1, -0.05) is 31.2 Å². The highest BCUT2D eigenvalue weighted by Crippen LogP contribution is 2.16. The lowest BCUT2D eigenvalue weighted by molar-refractivity contribution is -0.128. The molecule has 0 aliphatic carbocycles. The molecule has 0 fully saturated rings. The van der Waals surface area contributed by atoms with Crippen LogP contribution in [0.4, 0.5) is 0 Å². The third-order valence-corrected chi connectivity index (χ3v) is 4.13. The van der Waals surface area contributed by atoms with E-state index in [-0.39, 0.29) is 5.57 Å². The van der Waals surface area contributed by atoms with E-state index < -0.39 is 11.9 Å². The Morgan fingerprint density at radius 1 is 1.00 bits per heavy atom. The van der Waals surface area contributed by atoms with Crippen molar-refractivity contribution in [3.05, 3.63) is 71.3 Å². The molecule has 0 aliphatic heterocycles. The van der Waals surface area contributed by atoms with Gasteiger partial charge in [0.1, 0.15) is 23.1 Å². The Kier molecular flexibility index (Phi) is 10.2. The molecule has 0 radical (unpaired) electrons. The topological polar surface area (TPSA) is 97.7 Å². The molecule has 2 rings (SSSR count). The maximum atomic E-state index is 12.1. The third-order valence-electron chi connectivity index (χ3n) is 4.13. The van der Waals surface area contributed by atoms with Crippen molar-refractivity contribution in [1.82, 2.24) is 5.32 Å². The number of rotatable bonds is 11. The van der Waals surface area contributed by atoms with Gasteiger partial charge in [-0.05, 0) is 54.0 Å². The van der Waals surface area contributed by atoms with Crippen LogP contribution in [0, 0.1) is 11.3 Å². The number of nitriles is 1. The fraction of sp³-hybridized carbons (Fsp3) is 0.240. The summed E-state index contributed by atoms with van der Waals surface area (Å²) in [5.41, 5.74) is 1.45. The number of hydrogen-bond donors (Lipinski definition) is 1. The van der Waals surface area contributed by atoms with Crippen LogP contribution < -0.4 is 14.8 Å². The molecule has 2 aromatic carbocycles. The highest BCUT2D eigenvalue weighted by atomic mass is 16.5. The largest absolute Gasteiger partial charge is 0.494 e. The molecule has 7 nitrogen and oxygen atoms in total. The van der Waals surface area contributed by atoms with E-state index in [9.17, 15) is 14.9 Å². The van der Waals surface area contributed by atoms with Crippen molar-refractivity contribution in [2.75, 3.05) is 26.9 Å². The van der Waals surface area contributed by atoms with Crippen LogP contribution in [0.15, 0.2) is 60.2 Å². The van der Waals surface area contributed by atoms with E-state index in [4.69, 9.17) is 14.2 Å². The number of methoxy groups -OCH3 is 1. The average molecular weight is 434 g/mol. The smallest absolute Gasteiger partial charge is 0.336 e. The van der Waals surface area contributed by atoms with Crippen LogP contribution in [0.25, 0.3) is 12.2 Å². The van der Waals surface area contributed by atoms with E-state index in [0.717, 1.165) is 17.7 Å². The van der Waals surface area contributed by atoms with Gasteiger partial charge >= 0.3 is 5.97 Å². The minimum Gasteiger partial charge on any atom is -0.494 e. The van der Waals surface area contributed by atoms with Gasteiger partial charge in [0.2, 0.25) is 0 Å². The molecule has 0 saturated heterocycles. The zero-order chi connectivity index (χ0) is 23.2. The van der Waals surface area contributed by atoms with Crippen LogP contribution in [-0.2, 0) is 14.3 Å². The summed E-state index contributed by atoms with van der Waals surface area (Å²) in [6, 6.07) is 15.8. The Labute approximate surface area is 187 Å². The number of esters is 1. The molecule has 1 amide bonds. The van der Waals surface area contributed by atoms with Crippen LogP contribution in [0.3, 0.4) is 0 Å². The van der Waals surface area contributed by atoms with Crippen LogP contribution in [0.1, 0.15) is 24.5 Å². The third kappa shape index (κ3) is 8.46. The lowest BCUT2D eigenvalue weighted by atomic mass is 10.1. The minimum absolute atomic E-state index is 0.0279. The second-order valence-electron chi connectivity index (χ2n) is 6.66. The van der Waals surface area contributed by atoms with Gasteiger partial charge in [0.05, 0.1) is 13.2 Å². The first-order valence-electron chi connectivity index (χ1n) is 10.2. The number of benzene rings is 2. The van der Waals surface area contributed by atoms with Crippen molar-refractivity contribution in [3.63, 3.8) is 0 Å². The molecule has 1 N–H and O–H groups in total. The van der Waals surface area contributed by atoms with E-state index >= 15 is 0 Å². The predicted molar refractivity (Wildman–Crippen MR) is 122 cm³/mol. The number of carbonyl (C=O) groups is 2. The summed E-state index contributed by atoms with van der Waals surface area (Å²) < 4.78 is 15.7. The summed E-state index contributed by atoms with van der Waals surface area (Å²) in [6.45, 7) is 3.38. The standard InChI is InChI=1S/C25H26N2O5/c1-3-15-31-22-9-4-19(5-10-22)8-13-24(28)32-23-11-6-20(7-12-23)17-21(18-26)25(29)27-14-16-30-2/h4-13,17H,3,14-16H2,1-2H3,(H,27,29)/b13-8+,21-17+. The summed E-state index contributed by atoms with van der Waals surface area (Å²) >= 11 is 0. The van der Waals surface area contributed by atoms with E-state index in [1.165, 1.54) is 19.3 Å². The Morgan fingerprint density at radius 3 is 2.28 bits per heavy atom. The zero-order valence-electron chi connectivity index (χ0n) is 18.2. The van der Waals surface area contributed by atoms with Gasteiger partial charge in [-0.2, -0.15) is 5.26 Å². The summed E-state index contributed by atoms with van der Waals surface area (Å²) in [7, 11) is 1.53. The highest BCUT2D eigenvalue weighted by Gasteiger charge is 2.08. The molecule has 0 heterocycles. The van der Waals surface area contributed by atoms with E-state index in [2.05, 4.69) is 5.32 Å². The molecule has 7 heteroatoms. The van der Waals surface area contributed by atoms with Crippen LogP contribution >= 0.6 is 0 Å². The second-order valence-corrected chi connectivity index (χ2v) is 6.66. The van der Waals surface area contributed by atoms with Crippen molar-refractivity contribution in [1.29, 1.82) is 5.26 Å². The SMILES string of the molecule is CCCOc1ccc(/C=C/C(=O)Oc2ccc(/C=C(\C#N)C(=O)NCCOC)cc2)cc1. The van der Waals surface area contributed by atoms with Gasteiger partial charge in [-0.15, -0.1) is 0 Å². The van der Waals surface area contributed by atoms with Gasteiger partial charge < -0.3 is 19.5 Å². The van der Waals surface area contributed by atoms with E-state index in [1.807, 2.05) is 37.3 Å². The van der Waals surface area contributed by atoms with Crippen molar-refractivity contribution in [3.8, 4) is 17.6 Å². The Hall–Kier alpha value is -3.89. The summed E-state index contributed by atoms with van der Waals surface area (Å²) in [4.78, 5) is 24.0. The molecule has 0 aromatic heterocycles. The number of nitrogens with zero attached hydrogens (tertiary/aromatic N) is 1. The Bertz CT molecular complexity index is 986. The lowest BCUT2D eigenvalue weighted by Crippen LogP contribution is -2.27. The molecular formula is C25H26N2O5. The second kappa shape index (κ2) is 13.4. The van der Waals surface area contributed by atoms with E-state index in [0.29, 0.717) is 31.1 Å². The fourth-order valence-electron chi connectivity index (χ4n) is 2.52. The molecular weight excluding hydrogens is 408 g/mol. The van der Waals surface area contributed by atoms with Crippen molar-refractivity contribution >= 4 is 24.0 Å². The Balaban J connectivity index is 1.92. The number of ether oxygens (including phenoxy) is 3. The minimum atomic E-state index is -0.519. The quantitative estimate of drug-likeness (QED) is 0.190. The molecule has 0 aliphatic rings. The molecule has 0 bridgehead atoms. The monoisotopic (exact) mass is 434 g/mol. The molecule has 0 spiro atoms. The first-order valence-corrected chi connectivity index (χ1v) is 10.2. The van der Waals surface area contributed by atoms with Gasteiger partial charge in [0.15, 0.2) is 0 Å². The van der Waals surface area contributed by atoms with E-state index in [1.54, 1.807) is 30.3 Å². The van der Waals surface area contributed by atoms with Crippen molar-refractivity contribution in [2.45, 2.75) is 13.3 Å². The number of nitrogens with one attached hydrogen (secondary N) is 1. The van der Waals surface area contributed by atoms with Crippen LogP contribution in [0.5, 0.6) is 11.5 Å². The maximum absolute atomic E-state index is 12.1. The summed E-state index contributed by atoms with van der Waals surface area (Å²) in [6.07, 6.45) is 5.40. The van der Waals surface area contributed by atoms with Crippen LogP contribution in [0.2, 0.25) is 0 Å². The number of hydrogen-bond acceptors (Lipinski definition) is 6. The number of amides is 1. The van der Waals surface area contributed by atoms with Crippen molar-refractivity contribution < 1.29 is 23.8 Å². The van der Waals surface area contributed by atoms with Crippen LogP contribution in [-0.4, -0.2) is 38.7 Å². The summed E-state index contributed by atoms with van der Waals surface area (Å²) in [5, 5.41) is 11.8. The summed E-state index contributed by atoms with van der Waals surface area (Å²) in [5.74, 6) is 0.140. The molecule has 0 atom stereocenters. The van der Waals surface area contributed by atoms with Gasteiger partial charge in [0.25, 0.3) is 5.91 Å². The molecule has 0 saturated carbocycles. The zero-order valence-corrected chi connectivity index (χ0v) is 18.2. The molecule has 166 valence electrons. The first kappa shape index (κ1) is 24.4. The fourth-order valence-corrected chi connectivity index (χ4v) is 2.52. The predicted octanol–water partition coefficient (Wildman–Crippen LogP) is 3.76. The molecule has 2 aromatic rings. The molecule has 32 heavy (non-hydrogen) atoms. The van der Waals surface area contributed by atoms with Gasteiger partial charge in [0, 0.05) is 19.7 Å². The Morgan fingerprint density at radius 2 is 1.66 bits per heavy atom. The van der Waals surface area contributed by atoms with Crippen molar-refractivity contribution in [2.24, 2.45) is 0 Å². The number of carbonyl (C=O) groups excluding carboxylic acids is 2. The highest BCUT2D eigenvalue weighted by molar-refractivity contribution is 6.01. The van der Waals surface area contributed by atoms with Gasteiger partial charge in [-0.25, -0.2) is 4.79 Å². The maximum Gasteiger partial charge on any atom is 0.336 e. The average Bonchev–Trinajstić information content (AvgIpc) is 2.81. The lowest BCUT2D eigenvalue weighted by Gasteiger charge is -2.05. The normalized spacial score (nSPS) is 11.1. The first-order chi connectivity index (χ1) is 15.5. The van der Waals surface area contributed by atoms with Gasteiger partial charge in [-0.3, -0.25) is 4.79 Å². The molecule has 0 unspecified atom stereocenters.